The molecule has 0 fully saturated rings. The summed E-state index contributed by atoms with van der Waals surface area (Å²) in [5, 5.41) is 13.6. The van der Waals surface area contributed by atoms with Gasteiger partial charge in [0.25, 0.3) is 0 Å². The van der Waals surface area contributed by atoms with Gasteiger partial charge in [0.1, 0.15) is 0 Å². The van der Waals surface area contributed by atoms with Crippen molar-refractivity contribution in [1.29, 1.82) is 0 Å². The van der Waals surface area contributed by atoms with E-state index in [1.807, 2.05) is 18.2 Å². The summed E-state index contributed by atoms with van der Waals surface area (Å²) in [6, 6.07) is 12.3. The molecule has 2 N–H and O–H groups in total. The van der Waals surface area contributed by atoms with Gasteiger partial charge in [0, 0.05) is 12.1 Å². The smallest absolute Gasteiger partial charge is 0.325 e. The molecule has 2 aromatic carbocycles. The van der Waals surface area contributed by atoms with Crippen LogP contribution in [-0.2, 0) is 4.57 Å². The van der Waals surface area contributed by atoms with E-state index in [0.717, 1.165) is 5.39 Å². The zero-order valence-corrected chi connectivity index (χ0v) is 12.1. The van der Waals surface area contributed by atoms with Crippen molar-refractivity contribution in [3.05, 3.63) is 53.2 Å². The van der Waals surface area contributed by atoms with Crippen molar-refractivity contribution in [3.63, 3.8) is 0 Å². The quantitative estimate of drug-likeness (QED) is 0.652. The molecule has 2 rings (SSSR count). The number of hydrogen-bond acceptors (Lipinski definition) is 3. The number of benzene rings is 2. The number of rotatable bonds is 5. The topological polar surface area (TPSA) is 101 Å². The van der Waals surface area contributed by atoms with Crippen LogP contribution in [0.15, 0.2) is 42.5 Å². The van der Waals surface area contributed by atoms with Crippen LogP contribution in [0.25, 0.3) is 10.8 Å². The Kier molecular flexibility index (Phi) is 4.75. The fourth-order valence-electron chi connectivity index (χ4n) is 2.07. The predicted molar refractivity (Wildman–Crippen MR) is 79.9 cm³/mol. The first kappa shape index (κ1) is 15.7. The van der Waals surface area contributed by atoms with Crippen LogP contribution in [0, 0.1) is 5.21 Å². The third-order valence-corrected chi connectivity index (χ3v) is 3.96. The Morgan fingerprint density at radius 3 is 2.52 bits per heavy atom. The second-order valence-corrected chi connectivity index (χ2v) is 6.45. The van der Waals surface area contributed by atoms with Gasteiger partial charge < -0.3 is 20.1 Å². The molecule has 0 aliphatic heterocycles. The molecule has 0 saturated carbocycles. The highest BCUT2D eigenvalue weighted by atomic mass is 31.2. The van der Waals surface area contributed by atoms with Crippen LogP contribution in [-0.4, -0.2) is 33.5 Å². The first-order valence-corrected chi connectivity index (χ1v) is 8.19. The van der Waals surface area contributed by atoms with Crippen LogP contribution < -0.4 is 0 Å². The van der Waals surface area contributed by atoms with Gasteiger partial charge in [0.2, 0.25) is 5.91 Å². The molecule has 112 valence electrons. The van der Waals surface area contributed by atoms with E-state index in [-0.39, 0.29) is 18.0 Å². The van der Waals surface area contributed by atoms with Crippen LogP contribution >= 0.6 is 7.60 Å². The van der Waals surface area contributed by atoms with Crippen LogP contribution in [0.1, 0.15) is 16.8 Å². The summed E-state index contributed by atoms with van der Waals surface area (Å²) in [7, 11) is -4.14. The summed E-state index contributed by atoms with van der Waals surface area (Å²) in [5.74, 6) is -0.697. The lowest BCUT2D eigenvalue weighted by Crippen LogP contribution is -2.26. The van der Waals surface area contributed by atoms with Gasteiger partial charge in [0.05, 0.1) is 6.16 Å². The molecule has 7 heteroatoms. The van der Waals surface area contributed by atoms with E-state index in [4.69, 9.17) is 9.79 Å². The Balaban J connectivity index is 2.13. The average Bonchev–Trinajstić information content (AvgIpc) is 2.44. The van der Waals surface area contributed by atoms with E-state index in [2.05, 4.69) is 0 Å². The van der Waals surface area contributed by atoms with E-state index in [9.17, 15) is 14.6 Å². The minimum atomic E-state index is -4.14. The van der Waals surface area contributed by atoms with Gasteiger partial charge in [-0.1, -0.05) is 36.4 Å². The van der Waals surface area contributed by atoms with Crippen LogP contribution in [0.2, 0.25) is 0 Å². The zero-order chi connectivity index (χ0) is 15.5. The van der Waals surface area contributed by atoms with Gasteiger partial charge in [0.15, 0.2) is 0 Å². The lowest BCUT2D eigenvalue weighted by atomic mass is 10.0. The highest BCUT2D eigenvalue weighted by Gasteiger charge is 2.14. The Labute approximate surface area is 121 Å². The molecule has 0 atom stereocenters. The summed E-state index contributed by atoms with van der Waals surface area (Å²) < 4.78 is 10.7. The summed E-state index contributed by atoms with van der Waals surface area (Å²) >= 11 is 0. The van der Waals surface area contributed by atoms with Crippen molar-refractivity contribution >= 4 is 24.3 Å². The lowest BCUT2D eigenvalue weighted by Gasteiger charge is -2.28. The van der Waals surface area contributed by atoms with E-state index in [1.54, 1.807) is 24.3 Å². The molecule has 0 spiro atoms. The van der Waals surface area contributed by atoms with Gasteiger partial charge in [-0.25, -0.2) is 0 Å². The Morgan fingerprint density at radius 2 is 1.81 bits per heavy atom. The molecule has 2 aromatic rings. The molecular weight excluding hydrogens is 293 g/mol. The van der Waals surface area contributed by atoms with Gasteiger partial charge in [-0.3, -0.25) is 9.36 Å². The van der Waals surface area contributed by atoms with E-state index < -0.39 is 19.7 Å². The summed E-state index contributed by atoms with van der Waals surface area (Å²) in [4.78, 5) is 29.6. The monoisotopic (exact) mass is 308 g/mol. The van der Waals surface area contributed by atoms with Crippen molar-refractivity contribution in [2.75, 3.05) is 12.7 Å². The molecular formula is C14H15NO5P-. The molecule has 21 heavy (non-hydrogen) atoms. The summed E-state index contributed by atoms with van der Waals surface area (Å²) in [6.45, 7) is -0.243. The lowest BCUT2D eigenvalue weighted by molar-refractivity contribution is 0.0824. The van der Waals surface area contributed by atoms with Gasteiger partial charge >= 0.3 is 7.60 Å². The number of carbonyl (C=O) groups excluding carboxylic acids is 1. The Bertz CT molecular complexity index is 691. The van der Waals surface area contributed by atoms with E-state index in [1.165, 1.54) is 0 Å². The molecule has 0 heterocycles. The third-order valence-electron chi connectivity index (χ3n) is 3.06. The number of amides is 1. The van der Waals surface area contributed by atoms with Crippen molar-refractivity contribution in [1.82, 2.24) is 5.06 Å². The second kappa shape index (κ2) is 6.37. The maximum absolute atomic E-state index is 12.1. The molecule has 0 bridgehead atoms. The fraction of sp³-hybridized carbons (Fsp3) is 0.214. The number of hydrogen-bond donors (Lipinski definition) is 2. The van der Waals surface area contributed by atoms with Gasteiger partial charge in [-0.05, 0) is 23.3 Å². The molecule has 0 aliphatic rings. The molecule has 0 aromatic heterocycles. The SMILES string of the molecule is O=C(c1cccc2ccccc12)N([O-])CCCP(=O)(O)O. The maximum Gasteiger partial charge on any atom is 0.325 e. The summed E-state index contributed by atoms with van der Waals surface area (Å²) in [5.41, 5.74) is 0.291. The minimum absolute atomic E-state index is 0.0374. The first-order chi connectivity index (χ1) is 9.88. The van der Waals surface area contributed by atoms with Gasteiger partial charge in [-0.15, -0.1) is 0 Å². The molecule has 1 amide bonds. The molecule has 0 aliphatic carbocycles. The third kappa shape index (κ3) is 4.12. The Hall–Kier alpha value is -1.72. The largest absolute Gasteiger partial charge is 0.756 e. The van der Waals surface area contributed by atoms with Crippen molar-refractivity contribution in [2.24, 2.45) is 0 Å². The fourth-order valence-corrected chi connectivity index (χ4v) is 2.62. The zero-order valence-electron chi connectivity index (χ0n) is 11.2. The highest BCUT2D eigenvalue weighted by molar-refractivity contribution is 7.51. The standard InChI is InChI=1S/C14H15NO5P/c16-14(15(17)9-4-10-21(18,19)20)13-8-3-6-11-5-1-2-7-12(11)13/h1-3,5-8H,4,9-10H2,(H2,18,19,20)/q-1. The highest BCUT2D eigenvalue weighted by Crippen LogP contribution is 2.34. The van der Waals surface area contributed by atoms with Crippen molar-refractivity contribution < 1.29 is 19.1 Å². The molecule has 0 radical (unpaired) electrons. The van der Waals surface area contributed by atoms with E-state index >= 15 is 0 Å². The first-order valence-electron chi connectivity index (χ1n) is 6.40. The predicted octanol–water partition coefficient (Wildman–Crippen LogP) is 2.35. The van der Waals surface area contributed by atoms with Crippen LogP contribution in [0.4, 0.5) is 0 Å². The minimum Gasteiger partial charge on any atom is -0.756 e. The molecule has 0 saturated heterocycles. The Morgan fingerprint density at radius 1 is 1.14 bits per heavy atom. The number of hydroxylamine groups is 2. The average molecular weight is 308 g/mol. The van der Waals surface area contributed by atoms with E-state index in [0.29, 0.717) is 10.9 Å². The second-order valence-electron chi connectivity index (χ2n) is 4.68. The molecule has 0 unspecified atom stereocenters. The number of carbonyl (C=O) groups is 1. The van der Waals surface area contributed by atoms with Gasteiger partial charge in [-0.2, -0.15) is 0 Å². The van der Waals surface area contributed by atoms with Crippen LogP contribution in [0.3, 0.4) is 0 Å². The normalized spacial score (nSPS) is 11.6. The van der Waals surface area contributed by atoms with Crippen LogP contribution in [0.5, 0.6) is 0 Å². The number of fused-ring (bicyclic) bond motifs is 1. The van der Waals surface area contributed by atoms with Crippen molar-refractivity contribution in [3.8, 4) is 0 Å². The molecule has 6 nitrogen and oxygen atoms in total. The maximum atomic E-state index is 12.1. The number of nitrogens with zero attached hydrogens (tertiary/aromatic N) is 1. The van der Waals surface area contributed by atoms with Crippen molar-refractivity contribution in [2.45, 2.75) is 6.42 Å². The summed E-state index contributed by atoms with van der Waals surface area (Å²) in [6.07, 6.45) is -0.446.